The summed E-state index contributed by atoms with van der Waals surface area (Å²) in [7, 11) is -1.00. The van der Waals surface area contributed by atoms with Crippen LogP contribution in [0, 0.1) is 0 Å². The van der Waals surface area contributed by atoms with Crippen molar-refractivity contribution in [3.63, 3.8) is 0 Å². The molecule has 4 rings (SSSR count). The molecule has 0 spiro atoms. The fourth-order valence-corrected chi connectivity index (χ4v) is 3.04. The van der Waals surface area contributed by atoms with Crippen molar-refractivity contribution in [3.05, 3.63) is 0 Å². The first-order chi connectivity index (χ1) is 20.9. The number of nitrogens with zero attached hydrogens (tertiary/aromatic N) is 3. The molecule has 4 aliphatic heterocycles. The van der Waals surface area contributed by atoms with Crippen LogP contribution < -0.4 is 191 Å². The second-order valence-electron chi connectivity index (χ2n) is 11.6. The molecular weight excluding hydrogens is 845 g/mol. The molecule has 8 amide bonds. The maximum absolute atomic E-state index is 11.5. The van der Waals surface area contributed by atoms with Gasteiger partial charge in [-0.25, -0.2) is 9.59 Å². The number of alkyl halides is 2. The number of rotatable bonds is 3. The van der Waals surface area contributed by atoms with Crippen LogP contribution in [0.15, 0.2) is 9.98 Å². The number of hydrogen-bond donors (Lipinski definition) is 5. The number of carbonyl (C=O) groups excluding carboxylic acids is 6. The van der Waals surface area contributed by atoms with E-state index in [0.29, 0.717) is 6.54 Å². The number of hydrogen-bond acceptors (Lipinski definition) is 11. The molecule has 17 nitrogen and oxygen atoms in total. The van der Waals surface area contributed by atoms with Crippen molar-refractivity contribution in [2.75, 3.05) is 19.0 Å². The fourth-order valence-electron chi connectivity index (χ4n) is 3.04. The Morgan fingerprint density at radius 3 is 1.15 bits per heavy atom. The molecule has 0 unspecified atom stereocenters. The monoisotopic (exact) mass is 907 g/mol. The van der Waals surface area contributed by atoms with Gasteiger partial charge in [0.1, 0.15) is 22.2 Å². The largest absolute Gasteiger partial charge is 1.00 e. The number of aliphatic imine (C=N–C) groups is 2. The van der Waals surface area contributed by atoms with Gasteiger partial charge < -0.3 is 37.0 Å². The Morgan fingerprint density at radius 2 is 1.04 bits per heavy atom. The van der Waals surface area contributed by atoms with Crippen molar-refractivity contribution in [3.8, 4) is 0 Å². The molecular formula is C31H63BrFK3N8O9. The predicted molar refractivity (Wildman–Crippen MR) is 195 cm³/mol. The van der Waals surface area contributed by atoms with Gasteiger partial charge in [0, 0.05) is 11.9 Å². The summed E-state index contributed by atoms with van der Waals surface area (Å²) in [5.41, 5.74) is -3.14. The normalized spacial score (nSPS) is 17.7. The zero-order valence-electron chi connectivity index (χ0n) is 31.8. The van der Waals surface area contributed by atoms with Gasteiger partial charge in [-0.3, -0.25) is 43.8 Å². The Hall–Kier alpha value is 1.04. The van der Waals surface area contributed by atoms with Crippen LogP contribution in [0.5, 0.6) is 0 Å². The van der Waals surface area contributed by atoms with Crippen LogP contribution in [-0.4, -0.2) is 99.3 Å². The molecule has 0 aliphatic carbocycles. The van der Waals surface area contributed by atoms with Crippen LogP contribution in [0.2, 0.25) is 0 Å². The third kappa shape index (κ3) is 29.0. The van der Waals surface area contributed by atoms with Crippen LogP contribution in [0.3, 0.4) is 0 Å². The number of amides is 8. The zero-order valence-corrected chi connectivity index (χ0v) is 41.8. The summed E-state index contributed by atoms with van der Waals surface area (Å²) in [6.45, 7) is 17.7. The number of imide groups is 2. The number of urea groups is 2. The summed E-state index contributed by atoms with van der Waals surface area (Å²) in [4.78, 5) is 73.4. The Labute approximate surface area is 454 Å². The van der Waals surface area contributed by atoms with Gasteiger partial charge >= 0.3 is 166 Å². The molecule has 0 aromatic heterocycles. The minimum atomic E-state index is -1.00. The predicted octanol–water partition coefficient (Wildman–Crippen LogP) is -6.69. The van der Waals surface area contributed by atoms with Crippen LogP contribution in [-0.2, 0) is 19.2 Å². The van der Waals surface area contributed by atoms with Crippen molar-refractivity contribution in [1.82, 2.24) is 31.5 Å². The van der Waals surface area contributed by atoms with Crippen molar-refractivity contribution < 1.29 is 204 Å². The van der Waals surface area contributed by atoms with Gasteiger partial charge in [-0.2, -0.15) is 0 Å². The van der Waals surface area contributed by atoms with Gasteiger partial charge in [0.2, 0.25) is 0 Å². The molecule has 2 saturated heterocycles. The summed E-state index contributed by atoms with van der Waals surface area (Å²) < 4.78 is 15.5. The third-order valence-electron chi connectivity index (χ3n) is 5.62. The molecule has 4 aliphatic rings. The SMILES string of the molecule is C.C.C.C.CC1(C)N=C([O-])NC1=O.CC1(C)N=C([O-])NC1=O.CC1(C)NC(=O)NC1=O.CCCBr.CCCN1C(=O)NC(C)(C)C1=O.[2H]CF.[K+].[K+].[K+].[OH-]. The molecule has 0 radical (unpaired) electrons. The van der Waals surface area contributed by atoms with Gasteiger partial charge in [-0.15, -0.1) is 0 Å². The minimum Gasteiger partial charge on any atom is -0.870 e. The quantitative estimate of drug-likeness (QED) is 0.102. The van der Waals surface area contributed by atoms with E-state index in [0.717, 1.165) is 11.8 Å². The molecule has 53 heavy (non-hydrogen) atoms. The van der Waals surface area contributed by atoms with E-state index in [2.05, 4.69) is 59.4 Å². The maximum Gasteiger partial charge on any atom is 1.00 e. The van der Waals surface area contributed by atoms with Crippen molar-refractivity contribution in [2.45, 2.75) is 134 Å². The molecule has 0 bridgehead atoms. The number of nitrogens with one attached hydrogen (secondary N) is 5. The Morgan fingerprint density at radius 1 is 0.698 bits per heavy atom. The molecule has 0 saturated carbocycles. The van der Waals surface area contributed by atoms with Gasteiger partial charge in [0.15, 0.2) is 0 Å². The van der Waals surface area contributed by atoms with E-state index in [1.165, 1.54) is 11.3 Å². The molecule has 4 heterocycles. The molecule has 298 valence electrons. The smallest absolute Gasteiger partial charge is 0.870 e. The van der Waals surface area contributed by atoms with E-state index < -0.39 is 47.4 Å². The summed E-state index contributed by atoms with van der Waals surface area (Å²) >= 11 is 3.25. The summed E-state index contributed by atoms with van der Waals surface area (Å²) in [6, 6.07) is -1.76. The molecule has 0 aromatic rings. The second-order valence-corrected chi connectivity index (χ2v) is 12.4. The summed E-state index contributed by atoms with van der Waals surface area (Å²) in [6.07, 6.45) is 2.04. The molecule has 2 fully saturated rings. The standard InChI is InChI=1S/C8H14N2O2.3C5H8N2O2.C3H7Br.CH3F.4CH4.3K.H2O/c1-4-5-10-6(11)8(2,3)9-7(10)12;3*1-5(2)3(8)6-4(9)7-5;1-2-3-4;1-2;;;;;;;;/h4-5H2,1-3H3,(H,9,12);3*1-2H3,(H2,6,7,8,9);2-3H2,1H3;1H3;4*1H4;;;;1H2/q;;;;;;;;;;3*+1;/p-3/i;;;;;1D;;;;;;;;. The Balaban J connectivity index is -0.0000000542. The van der Waals surface area contributed by atoms with Crippen molar-refractivity contribution >= 4 is 63.7 Å². The first-order valence-corrected chi connectivity index (χ1v) is 14.9. The van der Waals surface area contributed by atoms with Gasteiger partial charge in [-0.1, -0.05) is 59.5 Å². The zero-order chi connectivity index (χ0) is 36.7. The van der Waals surface area contributed by atoms with Crippen LogP contribution in [0.25, 0.3) is 0 Å². The number of halogens is 2. The van der Waals surface area contributed by atoms with Crippen LogP contribution >= 0.6 is 15.9 Å². The van der Waals surface area contributed by atoms with Crippen LogP contribution in [0.1, 0.15) is 113 Å². The molecule has 0 aromatic carbocycles. The average molecular weight is 909 g/mol. The van der Waals surface area contributed by atoms with Crippen LogP contribution in [0.4, 0.5) is 14.0 Å². The van der Waals surface area contributed by atoms with E-state index in [-0.39, 0.29) is 219 Å². The van der Waals surface area contributed by atoms with E-state index in [1.54, 1.807) is 55.4 Å². The fraction of sp³-hybridized carbons (Fsp3) is 0.742. The number of amidine groups is 2. The summed E-state index contributed by atoms with van der Waals surface area (Å²) in [5, 5.41) is 33.2. The minimum absolute atomic E-state index is 0. The number of carbonyl (C=O) groups is 6. The molecule has 22 heteroatoms. The maximum atomic E-state index is 11.5. The summed E-state index contributed by atoms with van der Waals surface area (Å²) in [5.74, 6) is -1.05. The van der Waals surface area contributed by atoms with Gasteiger partial charge in [-0.05, 0) is 68.2 Å². The van der Waals surface area contributed by atoms with E-state index in [1.807, 2.05) is 6.92 Å². The topological polar surface area (TPSA) is 267 Å². The Kier molecular flexibility index (Phi) is 51.1. The van der Waals surface area contributed by atoms with Crippen molar-refractivity contribution in [1.29, 1.82) is 0 Å². The first-order valence-electron chi connectivity index (χ1n) is 14.4. The first kappa shape index (κ1) is 74.9. The van der Waals surface area contributed by atoms with E-state index >= 15 is 0 Å². The van der Waals surface area contributed by atoms with Crippen molar-refractivity contribution in [2.24, 2.45) is 9.98 Å². The second kappa shape index (κ2) is 36.1. The molecule has 6 N–H and O–H groups in total. The van der Waals surface area contributed by atoms with E-state index in [9.17, 15) is 43.4 Å². The van der Waals surface area contributed by atoms with Gasteiger partial charge in [0.05, 0.1) is 20.6 Å². The van der Waals surface area contributed by atoms with E-state index in [4.69, 9.17) is 1.37 Å². The third-order valence-corrected chi connectivity index (χ3v) is 6.41. The van der Waals surface area contributed by atoms with Gasteiger partial charge in [0.25, 0.3) is 23.6 Å². The molecule has 0 atom stereocenters. The average Bonchev–Trinajstić information content (AvgIpc) is 3.47. The Bertz CT molecular complexity index is 1160.